The summed E-state index contributed by atoms with van der Waals surface area (Å²) < 4.78 is 5.05. The highest BCUT2D eigenvalue weighted by Gasteiger charge is 2.17. The third-order valence-corrected chi connectivity index (χ3v) is 3.25. The molecule has 0 heterocycles. The van der Waals surface area contributed by atoms with E-state index in [1.54, 1.807) is 0 Å². The van der Waals surface area contributed by atoms with Crippen molar-refractivity contribution < 1.29 is 24.5 Å². The largest absolute Gasteiger partial charge is 0.508 e. The van der Waals surface area contributed by atoms with E-state index < -0.39 is 15.9 Å². The minimum absolute atomic E-state index is 0.103. The molecular formula is C15H13N3O7. The van der Waals surface area contributed by atoms with Crippen molar-refractivity contribution in [3.05, 3.63) is 68.3 Å². The van der Waals surface area contributed by atoms with Crippen LogP contribution in [0.3, 0.4) is 0 Å². The summed E-state index contributed by atoms with van der Waals surface area (Å²) >= 11 is 0. The minimum Gasteiger partial charge on any atom is -0.508 e. The van der Waals surface area contributed by atoms with Crippen LogP contribution in [0.15, 0.2) is 42.5 Å². The number of carbonyl (C=O) groups is 1. The van der Waals surface area contributed by atoms with E-state index in [0.717, 1.165) is 17.0 Å². The molecule has 0 aliphatic heterocycles. The summed E-state index contributed by atoms with van der Waals surface area (Å²) in [5.74, 6) is -0.0914. The van der Waals surface area contributed by atoms with E-state index in [1.807, 2.05) is 0 Å². The number of ether oxygens (including phenoxy) is 1. The summed E-state index contributed by atoms with van der Waals surface area (Å²) in [6, 6.07) is 8.40. The van der Waals surface area contributed by atoms with E-state index in [-0.39, 0.29) is 35.0 Å². The molecule has 0 spiro atoms. The lowest BCUT2D eigenvalue weighted by molar-refractivity contribution is -0.385. The number of carbonyl (C=O) groups excluding carboxylic acids is 1. The highest BCUT2D eigenvalue weighted by atomic mass is 16.6. The fourth-order valence-corrected chi connectivity index (χ4v) is 1.95. The van der Waals surface area contributed by atoms with E-state index >= 15 is 0 Å². The predicted octanol–water partition coefficient (Wildman–Crippen LogP) is 2.84. The van der Waals surface area contributed by atoms with Crippen LogP contribution in [0, 0.1) is 20.2 Å². The van der Waals surface area contributed by atoms with Gasteiger partial charge in [-0.3, -0.25) is 20.2 Å². The molecule has 0 saturated heterocycles. The molecule has 0 aliphatic carbocycles. The first kappa shape index (κ1) is 17.7. The van der Waals surface area contributed by atoms with Gasteiger partial charge in [-0.05, 0) is 18.2 Å². The van der Waals surface area contributed by atoms with Gasteiger partial charge in [0.1, 0.15) is 11.5 Å². The van der Waals surface area contributed by atoms with Crippen LogP contribution in [0.5, 0.6) is 11.5 Å². The molecule has 2 aromatic carbocycles. The van der Waals surface area contributed by atoms with E-state index in [0.29, 0.717) is 0 Å². The van der Waals surface area contributed by atoms with Crippen molar-refractivity contribution in [3.8, 4) is 11.5 Å². The zero-order valence-corrected chi connectivity index (χ0v) is 13.0. The molecular weight excluding hydrogens is 334 g/mol. The van der Waals surface area contributed by atoms with Gasteiger partial charge >= 0.3 is 6.09 Å². The highest BCUT2D eigenvalue weighted by Crippen LogP contribution is 2.24. The maximum atomic E-state index is 12.0. The van der Waals surface area contributed by atoms with Crippen molar-refractivity contribution in [2.75, 3.05) is 7.05 Å². The number of nitro benzene ring substituents is 2. The molecule has 0 aliphatic rings. The van der Waals surface area contributed by atoms with Gasteiger partial charge in [0.05, 0.1) is 16.4 Å². The lowest BCUT2D eigenvalue weighted by Crippen LogP contribution is -2.29. The summed E-state index contributed by atoms with van der Waals surface area (Å²) in [5.41, 5.74) is -0.183. The van der Waals surface area contributed by atoms with Crippen LogP contribution < -0.4 is 4.74 Å². The SMILES string of the molecule is CN(Cc1cc([N+](=O)[O-])ccc1O)C(=O)Oc1ccc([N+](=O)[O-])cc1. The van der Waals surface area contributed by atoms with Gasteiger partial charge in [0.15, 0.2) is 0 Å². The van der Waals surface area contributed by atoms with Crippen LogP contribution in [-0.2, 0) is 6.54 Å². The number of amides is 1. The quantitative estimate of drug-likeness (QED) is 0.648. The van der Waals surface area contributed by atoms with Gasteiger partial charge in [-0.2, -0.15) is 0 Å². The lowest BCUT2D eigenvalue weighted by atomic mass is 10.1. The van der Waals surface area contributed by atoms with Crippen molar-refractivity contribution in [2.24, 2.45) is 0 Å². The van der Waals surface area contributed by atoms with Crippen molar-refractivity contribution in [1.29, 1.82) is 0 Å². The number of hydrogen-bond acceptors (Lipinski definition) is 7. The molecule has 0 bridgehead atoms. The van der Waals surface area contributed by atoms with Crippen LogP contribution in [-0.4, -0.2) is 33.0 Å². The molecule has 130 valence electrons. The zero-order valence-electron chi connectivity index (χ0n) is 13.0. The molecule has 0 radical (unpaired) electrons. The third-order valence-electron chi connectivity index (χ3n) is 3.25. The maximum Gasteiger partial charge on any atom is 0.415 e. The van der Waals surface area contributed by atoms with Crippen LogP contribution >= 0.6 is 0 Å². The molecule has 0 atom stereocenters. The Kier molecular flexibility index (Phi) is 5.12. The van der Waals surface area contributed by atoms with Gasteiger partial charge in [0.25, 0.3) is 11.4 Å². The average Bonchev–Trinajstić information content (AvgIpc) is 2.57. The molecule has 2 aromatic rings. The number of non-ortho nitro benzene ring substituents is 2. The molecule has 0 fully saturated rings. The second kappa shape index (κ2) is 7.25. The number of phenolic OH excluding ortho intramolecular Hbond substituents is 1. The lowest BCUT2D eigenvalue weighted by Gasteiger charge is -2.17. The summed E-state index contributed by atoms with van der Waals surface area (Å²) in [7, 11) is 1.38. The minimum atomic E-state index is -0.792. The van der Waals surface area contributed by atoms with Gasteiger partial charge in [0, 0.05) is 36.9 Å². The van der Waals surface area contributed by atoms with E-state index in [1.165, 1.54) is 37.4 Å². The number of nitro groups is 2. The number of benzene rings is 2. The van der Waals surface area contributed by atoms with E-state index in [9.17, 15) is 30.1 Å². The maximum absolute atomic E-state index is 12.0. The van der Waals surface area contributed by atoms with E-state index in [4.69, 9.17) is 4.74 Å². The van der Waals surface area contributed by atoms with Crippen LogP contribution in [0.1, 0.15) is 5.56 Å². The first-order chi connectivity index (χ1) is 11.8. The second-order valence-electron chi connectivity index (χ2n) is 5.05. The van der Waals surface area contributed by atoms with Gasteiger partial charge in [-0.15, -0.1) is 0 Å². The molecule has 1 amide bonds. The molecule has 0 saturated carbocycles. The van der Waals surface area contributed by atoms with Gasteiger partial charge in [0.2, 0.25) is 0 Å². The molecule has 1 N–H and O–H groups in total. The van der Waals surface area contributed by atoms with Crippen LogP contribution in [0.25, 0.3) is 0 Å². The van der Waals surface area contributed by atoms with Crippen molar-refractivity contribution >= 4 is 17.5 Å². The molecule has 10 heteroatoms. The molecule has 2 rings (SSSR count). The average molecular weight is 347 g/mol. The smallest absolute Gasteiger partial charge is 0.415 e. The number of phenols is 1. The summed E-state index contributed by atoms with van der Waals surface area (Å²) in [6.07, 6.45) is -0.792. The van der Waals surface area contributed by atoms with Gasteiger partial charge in [-0.25, -0.2) is 4.79 Å². The summed E-state index contributed by atoms with van der Waals surface area (Å²) in [4.78, 5) is 33.3. The normalized spacial score (nSPS) is 10.1. The van der Waals surface area contributed by atoms with Crippen molar-refractivity contribution in [3.63, 3.8) is 0 Å². The molecule has 0 unspecified atom stereocenters. The Morgan fingerprint density at radius 2 is 1.64 bits per heavy atom. The Balaban J connectivity index is 2.06. The van der Waals surface area contributed by atoms with Crippen molar-refractivity contribution in [2.45, 2.75) is 6.54 Å². The number of hydrogen-bond donors (Lipinski definition) is 1. The first-order valence-electron chi connectivity index (χ1n) is 6.91. The zero-order chi connectivity index (χ0) is 18.6. The Morgan fingerprint density at radius 3 is 2.20 bits per heavy atom. The first-order valence-corrected chi connectivity index (χ1v) is 6.91. The fraction of sp³-hybridized carbons (Fsp3) is 0.133. The highest BCUT2D eigenvalue weighted by molar-refractivity contribution is 5.70. The Hall–Kier alpha value is -3.69. The number of nitrogens with zero attached hydrogens (tertiary/aromatic N) is 3. The summed E-state index contributed by atoms with van der Waals surface area (Å²) in [6.45, 7) is -0.126. The Bertz CT molecular complexity index is 820. The van der Waals surface area contributed by atoms with Crippen LogP contribution in [0.4, 0.5) is 16.2 Å². The van der Waals surface area contributed by atoms with E-state index in [2.05, 4.69) is 0 Å². The Labute approximate surface area is 141 Å². The molecule has 0 aromatic heterocycles. The standard InChI is InChI=1S/C15H13N3O7/c1-16(9-10-8-12(18(23)24)4-7-14(10)19)15(20)25-13-5-2-11(3-6-13)17(21)22/h2-8,19H,9H2,1H3. The number of rotatable bonds is 5. The third kappa shape index (κ3) is 4.41. The number of aromatic hydroxyl groups is 1. The van der Waals surface area contributed by atoms with Crippen molar-refractivity contribution in [1.82, 2.24) is 4.90 Å². The second-order valence-corrected chi connectivity index (χ2v) is 5.05. The van der Waals surface area contributed by atoms with Gasteiger partial charge in [-0.1, -0.05) is 0 Å². The predicted molar refractivity (Wildman–Crippen MR) is 85.3 cm³/mol. The summed E-state index contributed by atoms with van der Waals surface area (Å²) in [5, 5.41) is 31.1. The fourth-order valence-electron chi connectivity index (χ4n) is 1.95. The topological polar surface area (TPSA) is 136 Å². The molecule has 10 nitrogen and oxygen atoms in total. The monoisotopic (exact) mass is 347 g/mol. The van der Waals surface area contributed by atoms with Crippen LogP contribution in [0.2, 0.25) is 0 Å². The molecule has 25 heavy (non-hydrogen) atoms. The van der Waals surface area contributed by atoms with Gasteiger partial charge < -0.3 is 14.7 Å². The Morgan fingerprint density at radius 1 is 1.08 bits per heavy atom.